The fourth-order valence-corrected chi connectivity index (χ4v) is 2.23. The van der Waals surface area contributed by atoms with Gasteiger partial charge in [0.1, 0.15) is 22.1 Å². The fraction of sp³-hybridized carbons (Fsp3) is 0. The molecule has 1 amide bonds. The maximum Gasteiger partial charge on any atom is 0.277 e. The SMILES string of the molecule is O=C(Nc1nn[nH]n1)c1csc(-c2ncccc2O)n1. The molecule has 0 aromatic carbocycles. The number of nitrogens with zero attached hydrogens (tertiary/aromatic N) is 5. The number of aromatic nitrogens is 6. The van der Waals surface area contributed by atoms with E-state index in [2.05, 4.69) is 35.9 Å². The molecule has 0 unspecified atom stereocenters. The molecule has 0 aliphatic heterocycles. The molecule has 0 radical (unpaired) electrons. The molecule has 100 valence electrons. The molecule has 3 aromatic rings. The maximum atomic E-state index is 11.9. The second-order valence-corrected chi connectivity index (χ2v) is 4.46. The van der Waals surface area contributed by atoms with Gasteiger partial charge in [0.15, 0.2) is 0 Å². The van der Waals surface area contributed by atoms with Crippen LogP contribution in [0.1, 0.15) is 10.5 Å². The molecular formula is C10H7N7O2S. The zero-order valence-electron chi connectivity index (χ0n) is 9.81. The Kier molecular flexibility index (Phi) is 3.05. The van der Waals surface area contributed by atoms with E-state index >= 15 is 0 Å². The van der Waals surface area contributed by atoms with Crippen molar-refractivity contribution in [1.29, 1.82) is 0 Å². The van der Waals surface area contributed by atoms with E-state index in [-0.39, 0.29) is 17.4 Å². The number of tetrazole rings is 1. The zero-order valence-corrected chi connectivity index (χ0v) is 10.6. The van der Waals surface area contributed by atoms with Gasteiger partial charge in [-0.05, 0) is 17.3 Å². The normalized spacial score (nSPS) is 10.4. The molecule has 3 aromatic heterocycles. The standard InChI is InChI=1S/C10H7N7O2S/c18-6-2-1-3-11-7(6)9-12-5(4-20-9)8(19)13-10-14-16-17-15-10/h1-4,18H,(H2,13,14,15,16,17,19). The van der Waals surface area contributed by atoms with E-state index in [0.717, 1.165) is 0 Å². The third kappa shape index (κ3) is 2.31. The fourth-order valence-electron chi connectivity index (χ4n) is 1.43. The summed E-state index contributed by atoms with van der Waals surface area (Å²) in [5.74, 6) is -0.401. The van der Waals surface area contributed by atoms with Crippen molar-refractivity contribution in [3.05, 3.63) is 29.4 Å². The quantitative estimate of drug-likeness (QED) is 0.646. The van der Waals surface area contributed by atoms with Crippen LogP contribution in [0.25, 0.3) is 10.7 Å². The van der Waals surface area contributed by atoms with E-state index < -0.39 is 5.91 Å². The first kappa shape index (κ1) is 12.2. The highest BCUT2D eigenvalue weighted by atomic mass is 32.1. The minimum atomic E-state index is -0.468. The molecule has 0 spiro atoms. The highest BCUT2D eigenvalue weighted by molar-refractivity contribution is 7.13. The van der Waals surface area contributed by atoms with Crippen LogP contribution >= 0.6 is 11.3 Å². The van der Waals surface area contributed by atoms with Crippen LogP contribution in [0.15, 0.2) is 23.7 Å². The first-order chi connectivity index (χ1) is 9.74. The maximum absolute atomic E-state index is 11.9. The number of hydrogen-bond donors (Lipinski definition) is 3. The largest absolute Gasteiger partial charge is 0.506 e. The van der Waals surface area contributed by atoms with E-state index in [1.54, 1.807) is 11.4 Å². The minimum Gasteiger partial charge on any atom is -0.506 e. The third-order valence-electron chi connectivity index (χ3n) is 2.30. The Morgan fingerprint density at radius 1 is 1.45 bits per heavy atom. The van der Waals surface area contributed by atoms with Crippen LogP contribution in [-0.4, -0.2) is 41.6 Å². The summed E-state index contributed by atoms with van der Waals surface area (Å²) in [6.07, 6.45) is 1.54. The number of aromatic amines is 1. The lowest BCUT2D eigenvalue weighted by molar-refractivity contribution is 0.102. The number of nitrogens with one attached hydrogen (secondary N) is 2. The molecule has 0 aliphatic carbocycles. The second kappa shape index (κ2) is 5.01. The van der Waals surface area contributed by atoms with Crippen molar-refractivity contribution >= 4 is 23.2 Å². The highest BCUT2D eigenvalue weighted by Crippen LogP contribution is 2.28. The molecule has 9 nitrogen and oxygen atoms in total. The first-order valence-electron chi connectivity index (χ1n) is 5.39. The molecule has 3 N–H and O–H groups in total. The van der Waals surface area contributed by atoms with Gasteiger partial charge in [0.2, 0.25) is 0 Å². The number of aromatic hydroxyl groups is 1. The molecule has 3 rings (SSSR count). The number of carbonyl (C=O) groups excluding carboxylic acids is 1. The van der Waals surface area contributed by atoms with Gasteiger partial charge in [-0.1, -0.05) is 5.10 Å². The Balaban J connectivity index is 1.83. The summed E-state index contributed by atoms with van der Waals surface area (Å²) in [5, 5.41) is 26.9. The Morgan fingerprint density at radius 3 is 3.10 bits per heavy atom. The number of H-pyrrole nitrogens is 1. The van der Waals surface area contributed by atoms with Gasteiger partial charge in [0, 0.05) is 11.6 Å². The number of carbonyl (C=O) groups is 1. The van der Waals surface area contributed by atoms with Gasteiger partial charge in [-0.25, -0.2) is 9.97 Å². The second-order valence-electron chi connectivity index (χ2n) is 3.60. The molecule has 3 heterocycles. The summed E-state index contributed by atoms with van der Waals surface area (Å²) in [4.78, 5) is 20.0. The van der Waals surface area contributed by atoms with E-state index in [4.69, 9.17) is 0 Å². The van der Waals surface area contributed by atoms with Crippen LogP contribution in [0.5, 0.6) is 5.75 Å². The van der Waals surface area contributed by atoms with Crippen LogP contribution in [-0.2, 0) is 0 Å². The van der Waals surface area contributed by atoms with Crippen molar-refractivity contribution in [3.8, 4) is 16.5 Å². The van der Waals surface area contributed by atoms with E-state index in [1.165, 1.54) is 23.6 Å². The monoisotopic (exact) mass is 289 g/mol. The summed E-state index contributed by atoms with van der Waals surface area (Å²) < 4.78 is 0. The van der Waals surface area contributed by atoms with Gasteiger partial charge in [-0.3, -0.25) is 10.1 Å². The molecule has 0 saturated heterocycles. The van der Waals surface area contributed by atoms with Gasteiger partial charge in [0.25, 0.3) is 11.9 Å². The molecule has 0 aliphatic rings. The molecule has 0 fully saturated rings. The van der Waals surface area contributed by atoms with Crippen molar-refractivity contribution in [2.45, 2.75) is 0 Å². The lowest BCUT2D eigenvalue weighted by Crippen LogP contribution is -2.13. The number of anilines is 1. The van der Waals surface area contributed by atoms with Gasteiger partial charge >= 0.3 is 0 Å². The smallest absolute Gasteiger partial charge is 0.277 e. The average Bonchev–Trinajstić information content (AvgIpc) is 3.10. The van der Waals surface area contributed by atoms with Gasteiger partial charge < -0.3 is 5.11 Å². The summed E-state index contributed by atoms with van der Waals surface area (Å²) >= 11 is 1.20. The first-order valence-corrected chi connectivity index (χ1v) is 6.26. The van der Waals surface area contributed by atoms with Gasteiger partial charge in [-0.15, -0.1) is 16.4 Å². The van der Waals surface area contributed by atoms with Crippen LogP contribution < -0.4 is 5.32 Å². The average molecular weight is 289 g/mol. The highest BCUT2D eigenvalue weighted by Gasteiger charge is 2.15. The molecule has 0 atom stereocenters. The van der Waals surface area contributed by atoms with Crippen molar-refractivity contribution < 1.29 is 9.90 Å². The predicted molar refractivity (Wildman–Crippen MR) is 69.1 cm³/mol. The topological polar surface area (TPSA) is 130 Å². The number of rotatable bonds is 3. The van der Waals surface area contributed by atoms with Gasteiger partial charge in [-0.2, -0.15) is 5.21 Å². The summed E-state index contributed by atoms with van der Waals surface area (Å²) in [6.45, 7) is 0. The third-order valence-corrected chi connectivity index (χ3v) is 3.15. The lowest BCUT2D eigenvalue weighted by atomic mass is 10.3. The van der Waals surface area contributed by atoms with Crippen molar-refractivity contribution in [3.63, 3.8) is 0 Å². The molecule has 0 bridgehead atoms. The van der Waals surface area contributed by atoms with E-state index in [1.807, 2.05) is 0 Å². The van der Waals surface area contributed by atoms with Crippen LogP contribution in [0.2, 0.25) is 0 Å². The lowest BCUT2D eigenvalue weighted by Gasteiger charge is -1.98. The molecular weight excluding hydrogens is 282 g/mol. The Bertz CT molecular complexity index is 740. The summed E-state index contributed by atoms with van der Waals surface area (Å²) in [6, 6.07) is 3.11. The Hall–Kier alpha value is -2.88. The predicted octanol–water partition coefficient (Wildman–Crippen LogP) is 0.676. The van der Waals surface area contributed by atoms with E-state index in [9.17, 15) is 9.90 Å². The van der Waals surface area contributed by atoms with Crippen LogP contribution in [0, 0.1) is 0 Å². The van der Waals surface area contributed by atoms with Crippen molar-refractivity contribution in [2.75, 3.05) is 5.32 Å². The Morgan fingerprint density at radius 2 is 2.35 bits per heavy atom. The molecule has 10 heteroatoms. The number of amides is 1. The Labute approximate surface area is 115 Å². The number of pyridine rings is 1. The summed E-state index contributed by atoms with van der Waals surface area (Å²) in [7, 11) is 0. The molecule has 0 saturated carbocycles. The number of thiazole rings is 1. The molecule has 20 heavy (non-hydrogen) atoms. The van der Waals surface area contributed by atoms with Crippen molar-refractivity contribution in [1.82, 2.24) is 30.6 Å². The van der Waals surface area contributed by atoms with E-state index in [0.29, 0.717) is 10.7 Å². The van der Waals surface area contributed by atoms with Crippen LogP contribution in [0.4, 0.5) is 5.95 Å². The van der Waals surface area contributed by atoms with Gasteiger partial charge in [0.05, 0.1) is 0 Å². The van der Waals surface area contributed by atoms with Crippen molar-refractivity contribution in [2.24, 2.45) is 0 Å². The minimum absolute atomic E-state index is 0.00646. The summed E-state index contributed by atoms with van der Waals surface area (Å²) in [5.41, 5.74) is 0.510. The number of hydrogen-bond acceptors (Lipinski definition) is 8. The zero-order chi connectivity index (χ0) is 13.9. The van der Waals surface area contributed by atoms with Crippen LogP contribution in [0.3, 0.4) is 0 Å².